The minimum Gasteiger partial charge on any atom is -0.506 e. The lowest BCUT2D eigenvalue weighted by molar-refractivity contribution is 0.327. The predicted molar refractivity (Wildman–Crippen MR) is 50.4 cm³/mol. The van der Waals surface area contributed by atoms with E-state index in [4.69, 9.17) is 5.11 Å². The number of likely N-dealkylation sites (tertiary alicyclic amines) is 1. The monoisotopic (exact) mass is 178 g/mol. The molecule has 13 heavy (non-hydrogen) atoms. The van der Waals surface area contributed by atoms with Gasteiger partial charge in [0.1, 0.15) is 5.75 Å². The topological polar surface area (TPSA) is 36.4 Å². The summed E-state index contributed by atoms with van der Waals surface area (Å²) in [4.78, 5) is 6.54. The van der Waals surface area contributed by atoms with Crippen molar-refractivity contribution in [3.05, 3.63) is 24.0 Å². The van der Waals surface area contributed by atoms with Crippen LogP contribution in [-0.2, 0) is 6.54 Å². The van der Waals surface area contributed by atoms with Gasteiger partial charge in [0, 0.05) is 6.54 Å². The molecule has 0 saturated carbocycles. The molecule has 0 atom stereocenters. The van der Waals surface area contributed by atoms with Crippen LogP contribution in [0.15, 0.2) is 18.3 Å². The fourth-order valence-electron chi connectivity index (χ4n) is 1.68. The third-order valence-electron chi connectivity index (χ3n) is 2.39. The standard InChI is InChI=1S/C10H14N2O/c13-10-4-3-9(11-7-10)8-12-5-1-2-6-12/h3-4,7,13H,1-2,5-6,8H2. The van der Waals surface area contributed by atoms with Crippen molar-refractivity contribution in [1.82, 2.24) is 9.88 Å². The number of pyridine rings is 1. The van der Waals surface area contributed by atoms with Gasteiger partial charge in [-0.2, -0.15) is 0 Å². The second kappa shape index (κ2) is 3.75. The molecule has 1 aromatic rings. The summed E-state index contributed by atoms with van der Waals surface area (Å²) >= 11 is 0. The van der Waals surface area contributed by atoms with Crippen LogP contribution in [0, 0.1) is 0 Å². The molecule has 0 spiro atoms. The predicted octanol–water partition coefficient (Wildman–Crippen LogP) is 1.38. The van der Waals surface area contributed by atoms with E-state index in [2.05, 4.69) is 9.88 Å². The van der Waals surface area contributed by atoms with Crippen molar-refractivity contribution < 1.29 is 5.11 Å². The zero-order valence-electron chi connectivity index (χ0n) is 7.61. The molecule has 70 valence electrons. The van der Waals surface area contributed by atoms with Gasteiger partial charge < -0.3 is 5.11 Å². The van der Waals surface area contributed by atoms with Crippen molar-refractivity contribution in [1.29, 1.82) is 0 Å². The van der Waals surface area contributed by atoms with Gasteiger partial charge in [-0.05, 0) is 38.1 Å². The highest BCUT2D eigenvalue weighted by Gasteiger charge is 2.11. The molecule has 1 aliphatic heterocycles. The van der Waals surface area contributed by atoms with Crippen LogP contribution < -0.4 is 0 Å². The number of hydrogen-bond donors (Lipinski definition) is 1. The molecule has 0 unspecified atom stereocenters. The molecule has 2 heterocycles. The zero-order chi connectivity index (χ0) is 9.10. The first kappa shape index (κ1) is 8.51. The van der Waals surface area contributed by atoms with Crippen molar-refractivity contribution in [3.63, 3.8) is 0 Å². The lowest BCUT2D eigenvalue weighted by Crippen LogP contribution is -2.18. The molecule has 0 aromatic carbocycles. The number of hydrogen-bond acceptors (Lipinski definition) is 3. The van der Waals surface area contributed by atoms with E-state index in [9.17, 15) is 0 Å². The smallest absolute Gasteiger partial charge is 0.133 e. The lowest BCUT2D eigenvalue weighted by atomic mass is 10.3. The molecular formula is C10H14N2O. The lowest BCUT2D eigenvalue weighted by Gasteiger charge is -2.13. The van der Waals surface area contributed by atoms with Crippen LogP contribution in [0.2, 0.25) is 0 Å². The summed E-state index contributed by atoms with van der Waals surface area (Å²) in [6.45, 7) is 3.28. The highest BCUT2D eigenvalue weighted by Crippen LogP contribution is 2.12. The van der Waals surface area contributed by atoms with E-state index >= 15 is 0 Å². The van der Waals surface area contributed by atoms with Gasteiger partial charge in [0.25, 0.3) is 0 Å². The summed E-state index contributed by atoms with van der Waals surface area (Å²) in [5.41, 5.74) is 1.04. The molecule has 3 nitrogen and oxygen atoms in total. The molecule has 1 N–H and O–H groups in total. The Morgan fingerprint density at radius 3 is 2.69 bits per heavy atom. The minimum atomic E-state index is 0.241. The van der Waals surface area contributed by atoms with Gasteiger partial charge in [-0.1, -0.05) is 0 Å². The largest absolute Gasteiger partial charge is 0.506 e. The van der Waals surface area contributed by atoms with E-state index in [0.717, 1.165) is 12.2 Å². The molecule has 3 heteroatoms. The molecule has 0 radical (unpaired) electrons. The average molecular weight is 178 g/mol. The van der Waals surface area contributed by atoms with E-state index in [1.807, 2.05) is 6.07 Å². The Balaban J connectivity index is 1.97. The zero-order valence-corrected chi connectivity index (χ0v) is 7.61. The van der Waals surface area contributed by atoms with Gasteiger partial charge in [-0.15, -0.1) is 0 Å². The van der Waals surface area contributed by atoms with Crippen LogP contribution in [0.3, 0.4) is 0 Å². The Morgan fingerprint density at radius 2 is 2.08 bits per heavy atom. The summed E-state index contributed by atoms with van der Waals surface area (Å²) in [7, 11) is 0. The van der Waals surface area contributed by atoms with Crippen molar-refractivity contribution in [2.45, 2.75) is 19.4 Å². The molecular weight excluding hydrogens is 164 g/mol. The minimum absolute atomic E-state index is 0.241. The third-order valence-corrected chi connectivity index (χ3v) is 2.39. The first-order valence-electron chi connectivity index (χ1n) is 4.71. The molecule has 0 amide bonds. The van der Waals surface area contributed by atoms with Crippen LogP contribution in [0.25, 0.3) is 0 Å². The Morgan fingerprint density at radius 1 is 1.31 bits per heavy atom. The van der Waals surface area contributed by atoms with Gasteiger partial charge >= 0.3 is 0 Å². The van der Waals surface area contributed by atoms with Gasteiger partial charge in [0.05, 0.1) is 11.9 Å². The number of nitrogens with zero attached hydrogens (tertiary/aromatic N) is 2. The van der Waals surface area contributed by atoms with Crippen molar-refractivity contribution in [2.75, 3.05) is 13.1 Å². The molecule has 2 rings (SSSR count). The second-order valence-electron chi connectivity index (χ2n) is 3.49. The number of aromatic nitrogens is 1. The van der Waals surface area contributed by atoms with Crippen molar-refractivity contribution >= 4 is 0 Å². The molecule has 1 saturated heterocycles. The summed E-state index contributed by atoms with van der Waals surface area (Å²) in [6.07, 6.45) is 4.11. The van der Waals surface area contributed by atoms with Gasteiger partial charge in [0.15, 0.2) is 0 Å². The quantitative estimate of drug-likeness (QED) is 0.743. The third kappa shape index (κ3) is 2.18. The van der Waals surface area contributed by atoms with Crippen LogP contribution in [0.1, 0.15) is 18.5 Å². The van der Waals surface area contributed by atoms with E-state index in [0.29, 0.717) is 0 Å². The summed E-state index contributed by atoms with van der Waals surface area (Å²) in [6, 6.07) is 3.58. The van der Waals surface area contributed by atoms with Crippen LogP contribution in [0.5, 0.6) is 5.75 Å². The fourth-order valence-corrected chi connectivity index (χ4v) is 1.68. The maximum Gasteiger partial charge on any atom is 0.133 e. The first-order valence-corrected chi connectivity index (χ1v) is 4.71. The Labute approximate surface area is 78.0 Å². The Kier molecular flexibility index (Phi) is 2.45. The highest BCUT2D eigenvalue weighted by molar-refractivity contribution is 5.17. The Hall–Kier alpha value is -1.09. The molecule has 0 bridgehead atoms. The van der Waals surface area contributed by atoms with E-state index in [1.54, 1.807) is 6.07 Å². The SMILES string of the molecule is Oc1ccc(CN2CCCC2)nc1. The fraction of sp³-hybridized carbons (Fsp3) is 0.500. The molecule has 1 aliphatic rings. The van der Waals surface area contributed by atoms with E-state index in [1.165, 1.54) is 32.1 Å². The normalized spacial score (nSPS) is 17.8. The van der Waals surface area contributed by atoms with Crippen LogP contribution in [0.4, 0.5) is 0 Å². The van der Waals surface area contributed by atoms with Gasteiger partial charge in [-0.25, -0.2) is 0 Å². The van der Waals surface area contributed by atoms with Gasteiger partial charge in [-0.3, -0.25) is 9.88 Å². The summed E-state index contributed by atoms with van der Waals surface area (Å²) < 4.78 is 0. The Bertz CT molecular complexity index is 265. The summed E-state index contributed by atoms with van der Waals surface area (Å²) in [5, 5.41) is 9.04. The molecule has 1 fully saturated rings. The van der Waals surface area contributed by atoms with E-state index < -0.39 is 0 Å². The molecule has 1 aromatic heterocycles. The van der Waals surface area contributed by atoms with Crippen LogP contribution in [-0.4, -0.2) is 28.1 Å². The first-order chi connectivity index (χ1) is 6.34. The maximum absolute atomic E-state index is 9.04. The van der Waals surface area contributed by atoms with Gasteiger partial charge in [0.2, 0.25) is 0 Å². The summed E-state index contributed by atoms with van der Waals surface area (Å²) in [5.74, 6) is 0.241. The average Bonchev–Trinajstić information content (AvgIpc) is 2.62. The van der Waals surface area contributed by atoms with E-state index in [-0.39, 0.29) is 5.75 Å². The highest BCUT2D eigenvalue weighted by atomic mass is 16.3. The van der Waals surface area contributed by atoms with Crippen molar-refractivity contribution in [3.8, 4) is 5.75 Å². The van der Waals surface area contributed by atoms with Crippen molar-refractivity contribution in [2.24, 2.45) is 0 Å². The van der Waals surface area contributed by atoms with Crippen LogP contribution >= 0.6 is 0 Å². The maximum atomic E-state index is 9.04. The molecule has 0 aliphatic carbocycles. The second-order valence-corrected chi connectivity index (χ2v) is 3.49. The number of aromatic hydroxyl groups is 1. The number of rotatable bonds is 2.